The highest BCUT2D eigenvalue weighted by Gasteiger charge is 2.19. The molecule has 57 heavy (non-hydrogen) atoms. The average molecular weight is 787 g/mol. The molecule has 0 bridgehead atoms. The number of aromatic nitrogens is 3. The normalized spacial score (nSPS) is 11.8. The second-order valence-electron chi connectivity index (χ2n) is 13.9. The molecule has 0 aliphatic heterocycles. The van der Waals surface area contributed by atoms with E-state index in [2.05, 4.69) is 53.4 Å². The molecule has 292 valence electrons. The van der Waals surface area contributed by atoms with Crippen molar-refractivity contribution in [3.63, 3.8) is 0 Å². The van der Waals surface area contributed by atoms with Gasteiger partial charge in [0.1, 0.15) is 36.8 Å². The predicted octanol–water partition coefficient (Wildman–Crippen LogP) is 6.52. The summed E-state index contributed by atoms with van der Waals surface area (Å²) in [5.41, 5.74) is 10.3. The molecule has 0 aliphatic carbocycles. The average Bonchev–Trinajstić information content (AvgIpc) is 3.20. The number of carboxylic acid groups (broad SMARTS) is 1. The summed E-state index contributed by atoms with van der Waals surface area (Å²) in [5.74, 6) is -0.457. The van der Waals surface area contributed by atoms with Gasteiger partial charge in [-0.3, -0.25) is 19.9 Å². The van der Waals surface area contributed by atoms with E-state index >= 15 is 0 Å². The highest BCUT2D eigenvalue weighted by Crippen LogP contribution is 2.37. The third-order valence-electron chi connectivity index (χ3n) is 9.83. The lowest BCUT2D eigenvalue weighted by Gasteiger charge is -2.19. The van der Waals surface area contributed by atoms with Crippen LogP contribution in [-0.4, -0.2) is 68.9 Å². The van der Waals surface area contributed by atoms with Gasteiger partial charge in [-0.1, -0.05) is 54.1 Å². The fourth-order valence-corrected chi connectivity index (χ4v) is 6.85. The molecule has 0 saturated heterocycles. The maximum atomic E-state index is 12.7. The van der Waals surface area contributed by atoms with Crippen LogP contribution in [0.5, 0.6) is 11.5 Å². The number of ether oxygens (including phenoxy) is 2. The van der Waals surface area contributed by atoms with E-state index in [4.69, 9.17) is 21.1 Å². The molecule has 13 heteroatoms. The molecule has 4 aromatic carbocycles. The van der Waals surface area contributed by atoms with Gasteiger partial charge in [-0.15, -0.1) is 0 Å². The van der Waals surface area contributed by atoms with Crippen LogP contribution in [0.15, 0.2) is 96.2 Å². The van der Waals surface area contributed by atoms with E-state index in [1.807, 2.05) is 55.4 Å². The minimum absolute atomic E-state index is 0.0382. The van der Waals surface area contributed by atoms with Crippen molar-refractivity contribution in [2.24, 2.45) is 0 Å². The molecule has 0 aliphatic rings. The number of nitrogens with zero attached hydrogens (tertiary/aromatic N) is 5. The van der Waals surface area contributed by atoms with Gasteiger partial charge in [0.2, 0.25) is 0 Å². The standard InChI is InChI=1S/C44H43ClN6O6/c1-27-32(26-57-42-18-41(56-25-30-15-29(19-46)20-47-21-30)33(16-37(42)45)22-48-39(24-52)44(54)55)7-5-9-35(27)36-10-6-8-34(28(36)2)31-11-12-40-38(17-31)49-23-43(53)51(40)14-13-50(3)4/h5-12,15-18,20-21,23,39,48,52H,13-14,22,24-26H2,1-4H3,(H,54,55). The first-order chi connectivity index (χ1) is 27.5. The number of carboxylic acids is 1. The Morgan fingerprint density at radius 1 is 0.930 bits per heavy atom. The summed E-state index contributed by atoms with van der Waals surface area (Å²) in [5, 5.41) is 31.4. The largest absolute Gasteiger partial charge is 0.488 e. The lowest BCUT2D eigenvalue weighted by Crippen LogP contribution is -2.39. The molecule has 0 saturated carbocycles. The minimum atomic E-state index is -1.19. The number of aliphatic hydroxyl groups is 1. The molecule has 0 radical (unpaired) electrons. The summed E-state index contributed by atoms with van der Waals surface area (Å²) in [7, 11) is 3.96. The van der Waals surface area contributed by atoms with Crippen molar-refractivity contribution >= 4 is 28.6 Å². The summed E-state index contributed by atoms with van der Waals surface area (Å²) in [4.78, 5) is 34.8. The summed E-state index contributed by atoms with van der Waals surface area (Å²) in [6.45, 7) is 5.17. The fraction of sp³-hybridized carbons (Fsp3) is 0.250. The van der Waals surface area contributed by atoms with E-state index in [1.54, 1.807) is 29.0 Å². The Labute approximate surface area is 335 Å². The van der Waals surface area contributed by atoms with E-state index in [0.29, 0.717) is 39.8 Å². The van der Waals surface area contributed by atoms with Crippen molar-refractivity contribution in [2.45, 2.75) is 46.2 Å². The Kier molecular flexibility index (Phi) is 13.0. The molecule has 0 fully saturated rings. The molecule has 2 aromatic heterocycles. The number of fused-ring (bicyclic) bond motifs is 1. The van der Waals surface area contributed by atoms with Gasteiger partial charge in [-0.25, -0.2) is 4.98 Å². The van der Waals surface area contributed by atoms with E-state index in [0.717, 1.165) is 56.5 Å². The van der Waals surface area contributed by atoms with Crippen LogP contribution in [0.3, 0.4) is 0 Å². The van der Waals surface area contributed by atoms with Gasteiger partial charge < -0.3 is 29.2 Å². The van der Waals surface area contributed by atoms with Crippen molar-refractivity contribution in [2.75, 3.05) is 27.2 Å². The van der Waals surface area contributed by atoms with Crippen LogP contribution in [0.4, 0.5) is 0 Å². The highest BCUT2D eigenvalue weighted by atomic mass is 35.5. The fourth-order valence-electron chi connectivity index (χ4n) is 6.60. The Morgan fingerprint density at radius 3 is 2.40 bits per heavy atom. The number of halogens is 1. The van der Waals surface area contributed by atoms with Crippen LogP contribution in [0.2, 0.25) is 5.02 Å². The summed E-state index contributed by atoms with van der Waals surface area (Å²) >= 11 is 6.74. The summed E-state index contributed by atoms with van der Waals surface area (Å²) in [6, 6.07) is 24.2. The van der Waals surface area contributed by atoms with Gasteiger partial charge in [0.15, 0.2) is 0 Å². The lowest BCUT2D eigenvalue weighted by molar-refractivity contribution is -0.140. The number of nitrogens with one attached hydrogen (secondary N) is 1. The number of benzene rings is 4. The Hall–Kier alpha value is -6.10. The van der Waals surface area contributed by atoms with Crippen molar-refractivity contribution in [3.8, 4) is 39.8 Å². The first-order valence-corrected chi connectivity index (χ1v) is 18.7. The number of pyridine rings is 1. The smallest absolute Gasteiger partial charge is 0.323 e. The van der Waals surface area contributed by atoms with Crippen molar-refractivity contribution in [1.82, 2.24) is 24.8 Å². The number of hydrogen-bond donors (Lipinski definition) is 3. The zero-order valence-corrected chi connectivity index (χ0v) is 32.9. The van der Waals surface area contributed by atoms with Gasteiger partial charge in [0, 0.05) is 49.2 Å². The molecule has 6 aromatic rings. The number of nitriles is 1. The molecule has 2 heterocycles. The van der Waals surface area contributed by atoms with Crippen LogP contribution >= 0.6 is 11.6 Å². The van der Waals surface area contributed by atoms with E-state index in [-0.39, 0.29) is 25.3 Å². The van der Waals surface area contributed by atoms with Crippen LogP contribution < -0.4 is 20.3 Å². The van der Waals surface area contributed by atoms with Crippen LogP contribution in [0.1, 0.15) is 33.4 Å². The topological polar surface area (TPSA) is 163 Å². The van der Waals surface area contributed by atoms with Crippen molar-refractivity contribution < 1.29 is 24.5 Å². The van der Waals surface area contributed by atoms with Gasteiger partial charge in [-0.05, 0) is 91.2 Å². The van der Waals surface area contributed by atoms with E-state index < -0.39 is 18.6 Å². The zero-order chi connectivity index (χ0) is 40.6. The molecule has 0 spiro atoms. The first kappa shape index (κ1) is 40.6. The molecule has 1 atom stereocenters. The second kappa shape index (κ2) is 18.2. The van der Waals surface area contributed by atoms with Crippen LogP contribution in [0.25, 0.3) is 33.3 Å². The second-order valence-corrected chi connectivity index (χ2v) is 14.3. The summed E-state index contributed by atoms with van der Waals surface area (Å²) in [6.07, 6.45) is 4.44. The van der Waals surface area contributed by atoms with E-state index in [1.165, 1.54) is 12.4 Å². The molecule has 12 nitrogen and oxygen atoms in total. The Bertz CT molecular complexity index is 2530. The van der Waals surface area contributed by atoms with Gasteiger partial charge in [0.05, 0.1) is 34.4 Å². The van der Waals surface area contributed by atoms with Gasteiger partial charge >= 0.3 is 5.97 Å². The number of hydrogen-bond acceptors (Lipinski definition) is 10. The minimum Gasteiger partial charge on any atom is -0.488 e. The van der Waals surface area contributed by atoms with E-state index in [9.17, 15) is 25.1 Å². The molecule has 3 N–H and O–H groups in total. The third-order valence-corrected chi connectivity index (χ3v) is 10.1. The molecule has 6 rings (SSSR count). The first-order valence-electron chi connectivity index (χ1n) is 18.3. The SMILES string of the molecule is Cc1c(COc2cc(OCc3cncc(C#N)c3)c(CNC(CO)C(=O)O)cc2Cl)cccc1-c1cccc(-c2ccc3c(c2)ncc(=O)n3CCN(C)C)c1C. The van der Waals surface area contributed by atoms with Crippen LogP contribution in [-0.2, 0) is 31.1 Å². The molecular weight excluding hydrogens is 744 g/mol. The van der Waals surface area contributed by atoms with Crippen molar-refractivity contribution in [3.05, 3.63) is 140 Å². The Morgan fingerprint density at radius 2 is 1.67 bits per heavy atom. The highest BCUT2D eigenvalue weighted by molar-refractivity contribution is 6.32. The number of aliphatic hydroxyl groups excluding tert-OH is 1. The maximum Gasteiger partial charge on any atom is 0.323 e. The van der Waals surface area contributed by atoms with Crippen molar-refractivity contribution in [1.29, 1.82) is 5.26 Å². The number of likely N-dealkylation sites (N-methyl/N-ethyl adjacent to an activating group) is 1. The van der Waals surface area contributed by atoms with Gasteiger partial charge in [0.25, 0.3) is 5.56 Å². The molecule has 1 unspecified atom stereocenters. The van der Waals surface area contributed by atoms with Crippen LogP contribution in [0, 0.1) is 25.2 Å². The van der Waals surface area contributed by atoms with Gasteiger partial charge in [-0.2, -0.15) is 5.26 Å². The number of rotatable bonds is 16. The summed E-state index contributed by atoms with van der Waals surface area (Å²) < 4.78 is 14.2. The molecule has 0 amide bonds. The maximum absolute atomic E-state index is 12.7. The Balaban J connectivity index is 1.26. The lowest BCUT2D eigenvalue weighted by atomic mass is 9.89. The molecular formula is C44H43ClN6O6. The predicted molar refractivity (Wildman–Crippen MR) is 219 cm³/mol. The monoisotopic (exact) mass is 786 g/mol. The zero-order valence-electron chi connectivity index (χ0n) is 32.1. The number of aliphatic carboxylic acids is 1. The number of carbonyl (C=O) groups is 1. The quantitative estimate of drug-likeness (QED) is 0.0979. The third kappa shape index (κ3) is 9.48.